The van der Waals surface area contributed by atoms with Crippen LogP contribution in [0.25, 0.3) is 0 Å². The Labute approximate surface area is 147 Å². The van der Waals surface area contributed by atoms with Crippen molar-refractivity contribution in [1.29, 1.82) is 0 Å². The van der Waals surface area contributed by atoms with Crippen LogP contribution in [0, 0.1) is 12.8 Å². The summed E-state index contributed by atoms with van der Waals surface area (Å²) in [4.78, 5) is 23.7. The lowest BCUT2D eigenvalue weighted by atomic mass is 10.00. The molecule has 0 spiro atoms. The van der Waals surface area contributed by atoms with Crippen LogP contribution in [0.15, 0.2) is 34.9 Å². The van der Waals surface area contributed by atoms with Crippen LogP contribution in [0.3, 0.4) is 0 Å². The van der Waals surface area contributed by atoms with Gasteiger partial charge in [-0.25, -0.2) is 4.79 Å². The van der Waals surface area contributed by atoms with Gasteiger partial charge in [-0.2, -0.15) is 0 Å². The van der Waals surface area contributed by atoms with Gasteiger partial charge in [-0.15, -0.1) is 0 Å². The van der Waals surface area contributed by atoms with E-state index in [2.05, 4.69) is 36.5 Å². The van der Waals surface area contributed by atoms with Crippen LogP contribution in [0.2, 0.25) is 0 Å². The number of nitrogens with zero attached hydrogens (tertiary/aromatic N) is 1. The Morgan fingerprint density at radius 2 is 1.88 bits per heavy atom. The van der Waals surface area contributed by atoms with Gasteiger partial charge in [-0.1, -0.05) is 43.3 Å². The highest BCUT2D eigenvalue weighted by Crippen LogP contribution is 2.15. The van der Waals surface area contributed by atoms with Crippen LogP contribution in [-0.2, 0) is 16.0 Å². The number of aryl methyl sites for hydroxylation is 1. The van der Waals surface area contributed by atoms with E-state index in [0.717, 1.165) is 12.0 Å². The smallest absolute Gasteiger partial charge is 0.377 e. The Kier molecular flexibility index (Phi) is 6.33. The highest BCUT2D eigenvalue weighted by atomic mass is 16.6. The molecule has 6 nitrogen and oxygen atoms in total. The maximum atomic E-state index is 11.9. The molecule has 0 aliphatic carbocycles. The first-order valence-electron chi connectivity index (χ1n) is 8.33. The summed E-state index contributed by atoms with van der Waals surface area (Å²) in [5, 5.41) is 6.41. The van der Waals surface area contributed by atoms with Crippen molar-refractivity contribution in [2.75, 3.05) is 6.61 Å². The number of amides is 1. The van der Waals surface area contributed by atoms with Gasteiger partial charge >= 0.3 is 5.97 Å². The Bertz CT molecular complexity index is 719. The van der Waals surface area contributed by atoms with E-state index in [1.54, 1.807) is 6.92 Å². The van der Waals surface area contributed by atoms with Crippen molar-refractivity contribution in [2.24, 2.45) is 5.92 Å². The van der Waals surface area contributed by atoms with Crippen molar-refractivity contribution >= 4 is 11.9 Å². The fourth-order valence-electron chi connectivity index (χ4n) is 2.44. The average Bonchev–Trinajstić information content (AvgIpc) is 2.99. The minimum Gasteiger partial charge on any atom is -0.450 e. The number of aromatic nitrogens is 1. The number of benzene rings is 1. The maximum Gasteiger partial charge on any atom is 0.377 e. The minimum atomic E-state index is -0.707. The quantitative estimate of drug-likeness (QED) is 0.780. The molecule has 0 radical (unpaired) electrons. The van der Waals surface area contributed by atoms with Gasteiger partial charge in [0.05, 0.1) is 11.7 Å². The lowest BCUT2D eigenvalue weighted by Gasteiger charge is -2.15. The fraction of sp³-hybridized carbons (Fsp3) is 0.421. The van der Waals surface area contributed by atoms with E-state index < -0.39 is 5.97 Å². The third kappa shape index (κ3) is 5.74. The zero-order valence-corrected chi connectivity index (χ0v) is 15.0. The van der Waals surface area contributed by atoms with Gasteiger partial charge in [-0.05, 0) is 37.3 Å². The summed E-state index contributed by atoms with van der Waals surface area (Å²) in [6.45, 7) is 7.57. The van der Waals surface area contributed by atoms with Crippen LogP contribution in [-0.4, -0.2) is 23.6 Å². The van der Waals surface area contributed by atoms with Crippen molar-refractivity contribution in [3.63, 3.8) is 0 Å². The van der Waals surface area contributed by atoms with Gasteiger partial charge in [0.2, 0.25) is 5.76 Å². The molecular weight excluding hydrogens is 320 g/mol. The first kappa shape index (κ1) is 18.7. The third-order valence-electron chi connectivity index (χ3n) is 3.66. The van der Waals surface area contributed by atoms with E-state index >= 15 is 0 Å². The molecule has 0 fully saturated rings. The number of carbonyl (C=O) groups is 2. The van der Waals surface area contributed by atoms with Crippen molar-refractivity contribution in [3.8, 4) is 0 Å². The average molecular weight is 344 g/mol. The summed E-state index contributed by atoms with van der Waals surface area (Å²) in [6.07, 6.45) is 1.03. The molecular formula is C19H24N2O4. The van der Waals surface area contributed by atoms with E-state index in [9.17, 15) is 9.59 Å². The van der Waals surface area contributed by atoms with Gasteiger partial charge in [-0.3, -0.25) is 4.79 Å². The molecule has 25 heavy (non-hydrogen) atoms. The van der Waals surface area contributed by atoms with Crippen molar-refractivity contribution in [2.45, 2.75) is 40.2 Å². The Morgan fingerprint density at radius 1 is 1.20 bits per heavy atom. The number of ether oxygens (including phenoxy) is 1. The second-order valence-electron chi connectivity index (χ2n) is 6.54. The minimum absolute atomic E-state index is 0.0147. The second-order valence-corrected chi connectivity index (χ2v) is 6.54. The van der Waals surface area contributed by atoms with Crippen molar-refractivity contribution < 1.29 is 18.8 Å². The zero-order valence-electron chi connectivity index (χ0n) is 15.0. The number of nitrogens with one attached hydrogen (secondary N) is 1. The molecule has 134 valence electrons. The highest BCUT2D eigenvalue weighted by Gasteiger charge is 2.16. The molecule has 6 heteroatoms. The predicted molar refractivity (Wildman–Crippen MR) is 93.1 cm³/mol. The molecule has 1 heterocycles. The molecule has 1 atom stereocenters. The van der Waals surface area contributed by atoms with E-state index in [1.807, 2.05) is 19.1 Å². The first-order valence-corrected chi connectivity index (χ1v) is 8.33. The highest BCUT2D eigenvalue weighted by molar-refractivity contribution is 5.88. The topological polar surface area (TPSA) is 81.4 Å². The summed E-state index contributed by atoms with van der Waals surface area (Å²) in [5.41, 5.74) is 2.84. The molecule has 0 saturated heterocycles. The molecule has 0 aliphatic heterocycles. The van der Waals surface area contributed by atoms with Crippen molar-refractivity contribution in [3.05, 3.63) is 52.9 Å². The number of hydrogen-bond donors (Lipinski definition) is 1. The van der Waals surface area contributed by atoms with Gasteiger partial charge < -0.3 is 14.6 Å². The monoisotopic (exact) mass is 344 g/mol. The summed E-state index contributed by atoms with van der Waals surface area (Å²) < 4.78 is 9.71. The Balaban J connectivity index is 1.82. The predicted octanol–water partition coefficient (Wildman–Crippen LogP) is 3.22. The third-order valence-corrected chi connectivity index (χ3v) is 3.66. The summed E-state index contributed by atoms with van der Waals surface area (Å²) in [5.74, 6) is -0.491. The fourth-order valence-corrected chi connectivity index (χ4v) is 2.44. The molecule has 0 saturated carbocycles. The van der Waals surface area contributed by atoms with E-state index in [-0.39, 0.29) is 24.3 Å². The summed E-state index contributed by atoms with van der Waals surface area (Å²) in [7, 11) is 0. The largest absolute Gasteiger partial charge is 0.450 e. The standard InChI is InChI=1S/C19H24N2O4/c1-12(2)9-15-5-7-16(8-6-15)14(4)20-18(22)11-24-19(23)17-10-13(3)21-25-17/h5-8,10,12,14H,9,11H2,1-4H3,(H,20,22). The molecule has 2 aromatic rings. The van der Waals surface area contributed by atoms with E-state index in [4.69, 9.17) is 9.26 Å². The Hall–Kier alpha value is -2.63. The number of esters is 1. The normalized spacial score (nSPS) is 12.0. The van der Waals surface area contributed by atoms with Crippen molar-refractivity contribution in [1.82, 2.24) is 10.5 Å². The number of rotatable bonds is 7. The van der Waals surface area contributed by atoms with Gasteiger partial charge in [0.15, 0.2) is 6.61 Å². The van der Waals surface area contributed by atoms with Crippen LogP contribution in [0.5, 0.6) is 0 Å². The summed E-state index contributed by atoms with van der Waals surface area (Å²) in [6, 6.07) is 9.44. The molecule has 1 N–H and O–H groups in total. The molecule has 1 aromatic heterocycles. The van der Waals surface area contributed by atoms with Gasteiger partial charge in [0.1, 0.15) is 0 Å². The Morgan fingerprint density at radius 3 is 2.44 bits per heavy atom. The van der Waals surface area contributed by atoms with E-state index in [1.165, 1.54) is 11.6 Å². The van der Waals surface area contributed by atoms with Gasteiger partial charge in [0.25, 0.3) is 5.91 Å². The number of carbonyl (C=O) groups excluding carboxylic acids is 2. The zero-order chi connectivity index (χ0) is 18.4. The molecule has 1 unspecified atom stereocenters. The lowest BCUT2D eigenvalue weighted by molar-refractivity contribution is -0.124. The molecule has 1 aromatic carbocycles. The molecule has 2 rings (SSSR count). The lowest BCUT2D eigenvalue weighted by Crippen LogP contribution is -2.31. The van der Waals surface area contributed by atoms with Crippen LogP contribution < -0.4 is 5.32 Å². The SMILES string of the molecule is Cc1cc(C(=O)OCC(=O)NC(C)c2ccc(CC(C)C)cc2)on1. The first-order chi connectivity index (χ1) is 11.8. The molecule has 0 aliphatic rings. The maximum absolute atomic E-state index is 11.9. The number of hydrogen-bond acceptors (Lipinski definition) is 5. The van der Waals surface area contributed by atoms with Crippen LogP contribution in [0.1, 0.15) is 54.2 Å². The van der Waals surface area contributed by atoms with Gasteiger partial charge in [0, 0.05) is 6.07 Å². The van der Waals surface area contributed by atoms with Crippen LogP contribution >= 0.6 is 0 Å². The molecule has 0 bridgehead atoms. The molecule has 1 amide bonds. The second kappa shape index (κ2) is 8.46. The van der Waals surface area contributed by atoms with Crippen LogP contribution in [0.4, 0.5) is 0 Å². The summed E-state index contributed by atoms with van der Waals surface area (Å²) >= 11 is 0. The van der Waals surface area contributed by atoms with E-state index in [0.29, 0.717) is 11.6 Å².